The summed E-state index contributed by atoms with van der Waals surface area (Å²) in [5.41, 5.74) is 0.867. The zero-order chi connectivity index (χ0) is 15.4. The van der Waals surface area contributed by atoms with E-state index in [2.05, 4.69) is 15.0 Å². The van der Waals surface area contributed by atoms with Crippen LogP contribution < -0.4 is 0 Å². The predicted octanol–water partition coefficient (Wildman–Crippen LogP) is 2.64. The predicted molar refractivity (Wildman–Crippen MR) is 84.7 cm³/mol. The Bertz CT molecular complexity index is 609. The Morgan fingerprint density at radius 3 is 2.86 bits per heavy atom. The molecule has 2 aromatic rings. The fourth-order valence-corrected chi connectivity index (χ4v) is 2.94. The zero-order valence-corrected chi connectivity index (χ0v) is 13.2. The van der Waals surface area contributed by atoms with E-state index >= 15 is 0 Å². The van der Waals surface area contributed by atoms with Gasteiger partial charge in [-0.3, -0.25) is 0 Å². The number of hydrogen-bond acceptors (Lipinski definition) is 5. The van der Waals surface area contributed by atoms with E-state index < -0.39 is 0 Å². The number of aliphatic hydroxyl groups is 1. The highest BCUT2D eigenvalue weighted by atomic mass is 35.5. The van der Waals surface area contributed by atoms with Gasteiger partial charge in [-0.2, -0.15) is 4.98 Å². The number of hydrogen-bond donors (Lipinski definition) is 1. The molecule has 5 nitrogen and oxygen atoms in total. The van der Waals surface area contributed by atoms with Crippen LogP contribution in [0.1, 0.15) is 18.7 Å². The summed E-state index contributed by atoms with van der Waals surface area (Å²) in [7, 11) is 0. The van der Waals surface area contributed by atoms with Gasteiger partial charge in [0.15, 0.2) is 0 Å². The smallest absolute Gasteiger partial charge is 0.228 e. The minimum Gasteiger partial charge on any atom is -0.396 e. The van der Waals surface area contributed by atoms with Crippen LogP contribution in [0, 0.1) is 5.92 Å². The number of benzene rings is 1. The second-order valence-electron chi connectivity index (χ2n) is 5.74. The Balaban J connectivity index is 1.54. The molecule has 0 radical (unpaired) electrons. The van der Waals surface area contributed by atoms with E-state index in [9.17, 15) is 0 Å². The Labute approximate surface area is 134 Å². The number of likely N-dealkylation sites (tertiary alicyclic amines) is 1. The van der Waals surface area contributed by atoms with Crippen molar-refractivity contribution in [2.45, 2.75) is 19.3 Å². The van der Waals surface area contributed by atoms with Crippen molar-refractivity contribution in [2.24, 2.45) is 5.92 Å². The average Bonchev–Trinajstić information content (AvgIpc) is 3.02. The van der Waals surface area contributed by atoms with Crippen molar-refractivity contribution in [1.29, 1.82) is 0 Å². The first-order valence-corrected chi connectivity index (χ1v) is 8.04. The van der Waals surface area contributed by atoms with Gasteiger partial charge in [-0.15, -0.1) is 0 Å². The lowest BCUT2D eigenvalue weighted by molar-refractivity contribution is 0.130. The van der Waals surface area contributed by atoms with E-state index in [-0.39, 0.29) is 0 Å². The van der Waals surface area contributed by atoms with Crippen LogP contribution in [0.3, 0.4) is 0 Å². The van der Waals surface area contributed by atoms with Gasteiger partial charge >= 0.3 is 0 Å². The highest BCUT2D eigenvalue weighted by Gasteiger charge is 2.19. The van der Waals surface area contributed by atoms with Crippen molar-refractivity contribution in [1.82, 2.24) is 15.0 Å². The van der Waals surface area contributed by atoms with Crippen molar-refractivity contribution in [3.05, 3.63) is 35.2 Å². The normalized spacial score (nSPS) is 17.0. The van der Waals surface area contributed by atoms with E-state index in [0.717, 1.165) is 44.5 Å². The van der Waals surface area contributed by atoms with E-state index in [4.69, 9.17) is 21.2 Å². The van der Waals surface area contributed by atoms with E-state index in [1.54, 1.807) is 0 Å². The molecule has 2 heterocycles. The Morgan fingerprint density at radius 1 is 1.32 bits per heavy atom. The second kappa shape index (κ2) is 7.22. The van der Waals surface area contributed by atoms with Crippen molar-refractivity contribution in [3.63, 3.8) is 0 Å². The molecule has 0 atom stereocenters. The molecule has 0 spiro atoms. The third kappa shape index (κ3) is 3.85. The van der Waals surface area contributed by atoms with E-state index in [0.29, 0.717) is 29.3 Å². The number of rotatable bonds is 5. The Kier molecular flexibility index (Phi) is 5.08. The molecule has 0 bridgehead atoms. The van der Waals surface area contributed by atoms with Crippen LogP contribution in [0.5, 0.6) is 0 Å². The second-order valence-corrected chi connectivity index (χ2v) is 6.18. The third-order valence-electron chi connectivity index (χ3n) is 4.16. The standard InChI is InChI=1S/C16H20ClN3O2/c17-14-3-1-2-13(10-14)16-18-15(22-19-16)6-9-20-7-4-12(11-21)5-8-20/h1-3,10,12,21H,4-9,11H2. The molecule has 1 aromatic heterocycles. The number of halogens is 1. The van der Waals surface area contributed by atoms with E-state index in [1.807, 2.05) is 24.3 Å². The molecule has 1 saturated heterocycles. The topological polar surface area (TPSA) is 62.4 Å². The SMILES string of the molecule is OCC1CCN(CCc2nc(-c3cccc(Cl)c3)no2)CC1. The molecule has 1 fully saturated rings. The molecule has 0 aliphatic carbocycles. The van der Waals surface area contributed by atoms with Gasteiger partial charge in [0.2, 0.25) is 11.7 Å². The fourth-order valence-electron chi connectivity index (χ4n) is 2.75. The summed E-state index contributed by atoms with van der Waals surface area (Å²) in [6.07, 6.45) is 2.87. The van der Waals surface area contributed by atoms with Crippen LogP contribution in [0.15, 0.2) is 28.8 Å². The van der Waals surface area contributed by atoms with Crippen LogP contribution in [0.25, 0.3) is 11.4 Å². The van der Waals surface area contributed by atoms with Gasteiger partial charge in [-0.25, -0.2) is 0 Å². The molecule has 1 aliphatic heterocycles. The minimum absolute atomic E-state index is 0.306. The molecular formula is C16H20ClN3O2. The van der Waals surface area contributed by atoms with Crippen molar-refractivity contribution in [3.8, 4) is 11.4 Å². The lowest BCUT2D eigenvalue weighted by Crippen LogP contribution is -2.36. The molecule has 1 aromatic carbocycles. The molecule has 3 rings (SSSR count). The largest absolute Gasteiger partial charge is 0.396 e. The van der Waals surface area contributed by atoms with Gasteiger partial charge in [0.1, 0.15) is 0 Å². The van der Waals surface area contributed by atoms with Gasteiger partial charge in [-0.05, 0) is 44.0 Å². The molecule has 0 amide bonds. The monoisotopic (exact) mass is 321 g/mol. The molecule has 22 heavy (non-hydrogen) atoms. The molecule has 0 saturated carbocycles. The highest BCUT2D eigenvalue weighted by Crippen LogP contribution is 2.20. The summed E-state index contributed by atoms with van der Waals surface area (Å²) < 4.78 is 5.32. The first-order chi connectivity index (χ1) is 10.7. The number of aliphatic hydroxyl groups excluding tert-OH is 1. The first kappa shape index (κ1) is 15.5. The van der Waals surface area contributed by atoms with Crippen molar-refractivity contribution >= 4 is 11.6 Å². The molecule has 0 unspecified atom stereocenters. The molecule has 6 heteroatoms. The fraction of sp³-hybridized carbons (Fsp3) is 0.500. The Morgan fingerprint density at radius 2 is 2.14 bits per heavy atom. The maximum absolute atomic E-state index is 9.15. The van der Waals surface area contributed by atoms with Crippen LogP contribution in [-0.2, 0) is 6.42 Å². The van der Waals surface area contributed by atoms with Crippen LogP contribution in [0.2, 0.25) is 5.02 Å². The lowest BCUT2D eigenvalue weighted by Gasteiger charge is -2.30. The summed E-state index contributed by atoms with van der Waals surface area (Å²) in [6, 6.07) is 7.44. The van der Waals surface area contributed by atoms with Crippen LogP contribution >= 0.6 is 11.6 Å². The molecule has 1 aliphatic rings. The third-order valence-corrected chi connectivity index (χ3v) is 4.39. The quantitative estimate of drug-likeness (QED) is 0.917. The van der Waals surface area contributed by atoms with Crippen LogP contribution in [-0.4, -0.2) is 46.4 Å². The number of piperidine rings is 1. The number of nitrogens with zero attached hydrogens (tertiary/aromatic N) is 3. The first-order valence-electron chi connectivity index (χ1n) is 7.66. The number of aromatic nitrogens is 2. The van der Waals surface area contributed by atoms with Gasteiger partial charge in [0.25, 0.3) is 0 Å². The minimum atomic E-state index is 0.306. The maximum atomic E-state index is 9.15. The van der Waals surface area contributed by atoms with Crippen molar-refractivity contribution in [2.75, 3.05) is 26.2 Å². The van der Waals surface area contributed by atoms with Gasteiger partial charge < -0.3 is 14.5 Å². The highest BCUT2D eigenvalue weighted by molar-refractivity contribution is 6.30. The van der Waals surface area contributed by atoms with E-state index in [1.165, 1.54) is 0 Å². The summed E-state index contributed by atoms with van der Waals surface area (Å²) in [5.74, 6) is 1.70. The molecule has 118 valence electrons. The Hall–Kier alpha value is -1.43. The van der Waals surface area contributed by atoms with Gasteiger partial charge in [-0.1, -0.05) is 28.9 Å². The average molecular weight is 322 g/mol. The summed E-state index contributed by atoms with van der Waals surface area (Å²) >= 11 is 5.98. The van der Waals surface area contributed by atoms with Crippen LogP contribution in [0.4, 0.5) is 0 Å². The van der Waals surface area contributed by atoms with Gasteiger partial charge in [0.05, 0.1) is 0 Å². The zero-order valence-electron chi connectivity index (χ0n) is 12.4. The van der Waals surface area contributed by atoms with Crippen molar-refractivity contribution < 1.29 is 9.63 Å². The molecule has 1 N–H and O–H groups in total. The lowest BCUT2D eigenvalue weighted by atomic mass is 9.98. The summed E-state index contributed by atoms with van der Waals surface area (Å²) in [4.78, 5) is 6.82. The molecular weight excluding hydrogens is 302 g/mol. The summed E-state index contributed by atoms with van der Waals surface area (Å²) in [6.45, 7) is 3.27. The maximum Gasteiger partial charge on any atom is 0.228 e. The summed E-state index contributed by atoms with van der Waals surface area (Å²) in [5, 5.41) is 13.8. The van der Waals surface area contributed by atoms with Gasteiger partial charge in [0, 0.05) is 30.2 Å².